The van der Waals surface area contributed by atoms with E-state index >= 15 is 0 Å². The Kier molecular flexibility index (Phi) is 3.02. The van der Waals surface area contributed by atoms with Crippen molar-refractivity contribution in [1.29, 1.82) is 0 Å². The first-order valence-electron chi connectivity index (χ1n) is 5.04. The van der Waals surface area contributed by atoms with Crippen molar-refractivity contribution in [1.82, 2.24) is 9.88 Å². The molecule has 0 spiro atoms. The number of carbonyl (C=O) groups is 1. The third-order valence-corrected chi connectivity index (χ3v) is 3.82. The van der Waals surface area contributed by atoms with Crippen LogP contribution in [0.5, 0.6) is 0 Å². The van der Waals surface area contributed by atoms with Crippen LogP contribution in [-0.4, -0.2) is 41.1 Å². The molecule has 2 heterocycles. The molecule has 1 saturated heterocycles. The molecule has 1 aliphatic rings. The molecule has 5 heteroatoms. The van der Waals surface area contributed by atoms with E-state index in [2.05, 4.69) is 16.9 Å². The quantitative estimate of drug-likeness (QED) is 0.833. The highest BCUT2D eigenvalue weighted by Gasteiger charge is 2.22. The number of rotatable bonds is 2. The van der Waals surface area contributed by atoms with Crippen molar-refractivity contribution in [3.05, 3.63) is 16.1 Å². The van der Waals surface area contributed by atoms with Gasteiger partial charge in [-0.3, -0.25) is 0 Å². The van der Waals surface area contributed by atoms with Gasteiger partial charge in [0, 0.05) is 11.3 Å². The number of thiazole rings is 1. The second-order valence-electron chi connectivity index (χ2n) is 3.95. The zero-order chi connectivity index (χ0) is 10.8. The molecule has 1 aromatic rings. The number of nitrogens with zero attached hydrogens (tertiary/aromatic N) is 2. The van der Waals surface area contributed by atoms with Crippen molar-refractivity contribution in [2.45, 2.75) is 18.8 Å². The number of aromatic carboxylic acids is 1. The number of carboxylic acids is 1. The summed E-state index contributed by atoms with van der Waals surface area (Å²) in [6.45, 7) is 2.15. The third kappa shape index (κ3) is 2.35. The highest BCUT2D eigenvalue weighted by atomic mass is 32.1. The van der Waals surface area contributed by atoms with Gasteiger partial charge in [0.15, 0.2) is 5.69 Å². The fourth-order valence-corrected chi connectivity index (χ4v) is 2.79. The summed E-state index contributed by atoms with van der Waals surface area (Å²) in [5.41, 5.74) is 0.189. The largest absolute Gasteiger partial charge is 0.476 e. The van der Waals surface area contributed by atoms with Crippen molar-refractivity contribution in [2.75, 3.05) is 20.1 Å². The van der Waals surface area contributed by atoms with Gasteiger partial charge in [0.25, 0.3) is 0 Å². The number of hydrogen-bond acceptors (Lipinski definition) is 4. The van der Waals surface area contributed by atoms with Gasteiger partial charge in [-0.05, 0) is 33.0 Å². The number of carboxylic acid groups (broad SMARTS) is 1. The van der Waals surface area contributed by atoms with Crippen LogP contribution in [0.2, 0.25) is 0 Å². The molecule has 0 radical (unpaired) electrons. The maximum Gasteiger partial charge on any atom is 0.355 e. The molecule has 82 valence electrons. The van der Waals surface area contributed by atoms with Gasteiger partial charge in [0.2, 0.25) is 0 Å². The molecular weight excluding hydrogens is 212 g/mol. The van der Waals surface area contributed by atoms with Crippen molar-refractivity contribution < 1.29 is 9.90 Å². The molecule has 0 aromatic carbocycles. The van der Waals surface area contributed by atoms with Crippen LogP contribution in [0.25, 0.3) is 0 Å². The van der Waals surface area contributed by atoms with Crippen molar-refractivity contribution in [2.24, 2.45) is 0 Å². The highest BCUT2D eigenvalue weighted by Crippen LogP contribution is 2.29. The Morgan fingerprint density at radius 2 is 2.27 bits per heavy atom. The highest BCUT2D eigenvalue weighted by molar-refractivity contribution is 7.09. The molecular formula is C10H14N2O2S. The molecule has 4 nitrogen and oxygen atoms in total. The molecule has 1 N–H and O–H groups in total. The summed E-state index contributed by atoms with van der Waals surface area (Å²) >= 11 is 1.48. The normalized spacial score (nSPS) is 19.3. The molecule has 1 aliphatic heterocycles. The Morgan fingerprint density at radius 1 is 1.60 bits per heavy atom. The molecule has 0 aliphatic carbocycles. The van der Waals surface area contributed by atoms with Crippen molar-refractivity contribution in [3.8, 4) is 0 Å². The molecule has 0 saturated carbocycles. The van der Waals surface area contributed by atoms with E-state index in [1.165, 1.54) is 11.3 Å². The van der Waals surface area contributed by atoms with Gasteiger partial charge in [-0.1, -0.05) is 0 Å². The fraction of sp³-hybridized carbons (Fsp3) is 0.600. The van der Waals surface area contributed by atoms with Gasteiger partial charge in [0.1, 0.15) is 0 Å². The van der Waals surface area contributed by atoms with E-state index in [0.29, 0.717) is 5.92 Å². The summed E-state index contributed by atoms with van der Waals surface area (Å²) in [6, 6.07) is 0. The lowest BCUT2D eigenvalue weighted by molar-refractivity contribution is 0.0691. The second-order valence-corrected chi connectivity index (χ2v) is 4.84. The minimum absolute atomic E-state index is 0.189. The van der Waals surface area contributed by atoms with Crippen LogP contribution in [0, 0.1) is 0 Å². The van der Waals surface area contributed by atoms with E-state index in [9.17, 15) is 4.79 Å². The third-order valence-electron chi connectivity index (χ3n) is 2.81. The first-order valence-corrected chi connectivity index (χ1v) is 5.92. The average Bonchev–Trinajstić information content (AvgIpc) is 2.68. The summed E-state index contributed by atoms with van der Waals surface area (Å²) in [6.07, 6.45) is 2.17. The summed E-state index contributed by atoms with van der Waals surface area (Å²) < 4.78 is 0. The summed E-state index contributed by atoms with van der Waals surface area (Å²) in [5.74, 6) is -0.468. The van der Waals surface area contributed by atoms with Crippen LogP contribution in [0.1, 0.15) is 34.3 Å². The van der Waals surface area contributed by atoms with Gasteiger partial charge in [-0.15, -0.1) is 11.3 Å². The zero-order valence-electron chi connectivity index (χ0n) is 8.64. The van der Waals surface area contributed by atoms with Crippen LogP contribution in [-0.2, 0) is 0 Å². The molecule has 1 fully saturated rings. The molecule has 0 atom stereocenters. The summed E-state index contributed by atoms with van der Waals surface area (Å²) in [4.78, 5) is 17.1. The van der Waals surface area contributed by atoms with Gasteiger partial charge in [0.05, 0.1) is 5.01 Å². The van der Waals surface area contributed by atoms with E-state index in [1.807, 2.05) is 0 Å². The SMILES string of the molecule is CN1CCC(c2nc(C(=O)O)cs2)CC1. The molecule has 1 aromatic heterocycles. The predicted molar refractivity (Wildman–Crippen MR) is 58.5 cm³/mol. The van der Waals surface area contributed by atoms with E-state index in [1.54, 1.807) is 5.38 Å². The lowest BCUT2D eigenvalue weighted by Crippen LogP contribution is -2.29. The second kappa shape index (κ2) is 4.28. The van der Waals surface area contributed by atoms with Crippen molar-refractivity contribution in [3.63, 3.8) is 0 Å². The van der Waals surface area contributed by atoms with Crippen LogP contribution < -0.4 is 0 Å². The predicted octanol–water partition coefficient (Wildman–Crippen LogP) is 1.65. The standard InChI is InChI=1S/C10H14N2O2S/c1-12-4-2-7(3-5-12)9-11-8(6-15-9)10(13)14/h6-7H,2-5H2,1H3,(H,13,14). The first kappa shape index (κ1) is 10.6. The number of piperidine rings is 1. The van der Waals surface area contributed by atoms with Crippen molar-refractivity contribution >= 4 is 17.3 Å². The Bertz CT molecular complexity index is 356. The monoisotopic (exact) mass is 226 g/mol. The molecule has 15 heavy (non-hydrogen) atoms. The van der Waals surface area contributed by atoms with Gasteiger partial charge < -0.3 is 10.0 Å². The smallest absolute Gasteiger partial charge is 0.355 e. The van der Waals surface area contributed by atoms with Gasteiger partial charge >= 0.3 is 5.97 Å². The Labute approximate surface area is 92.6 Å². The zero-order valence-corrected chi connectivity index (χ0v) is 9.46. The maximum atomic E-state index is 10.7. The van der Waals surface area contributed by atoms with Gasteiger partial charge in [-0.2, -0.15) is 0 Å². The van der Waals surface area contributed by atoms with E-state index in [4.69, 9.17) is 5.11 Å². The van der Waals surface area contributed by atoms with Crippen LogP contribution in [0.4, 0.5) is 0 Å². The van der Waals surface area contributed by atoms with Crippen LogP contribution >= 0.6 is 11.3 Å². The Balaban J connectivity index is 2.06. The van der Waals surface area contributed by atoms with Crippen LogP contribution in [0.15, 0.2) is 5.38 Å². The minimum atomic E-state index is -0.926. The fourth-order valence-electron chi connectivity index (χ4n) is 1.83. The Hall–Kier alpha value is -0.940. The molecule has 0 amide bonds. The maximum absolute atomic E-state index is 10.7. The lowest BCUT2D eigenvalue weighted by atomic mass is 9.98. The minimum Gasteiger partial charge on any atom is -0.476 e. The molecule has 0 bridgehead atoms. The topological polar surface area (TPSA) is 53.4 Å². The first-order chi connectivity index (χ1) is 7.16. The lowest BCUT2D eigenvalue weighted by Gasteiger charge is -2.27. The van der Waals surface area contributed by atoms with E-state index in [0.717, 1.165) is 30.9 Å². The summed E-state index contributed by atoms with van der Waals surface area (Å²) in [7, 11) is 2.11. The molecule has 0 unspecified atom stereocenters. The molecule has 2 rings (SSSR count). The van der Waals surface area contributed by atoms with E-state index in [-0.39, 0.29) is 5.69 Å². The average molecular weight is 226 g/mol. The van der Waals surface area contributed by atoms with E-state index < -0.39 is 5.97 Å². The van der Waals surface area contributed by atoms with Crippen LogP contribution in [0.3, 0.4) is 0 Å². The number of hydrogen-bond donors (Lipinski definition) is 1. The summed E-state index contributed by atoms with van der Waals surface area (Å²) in [5, 5.41) is 11.4. The number of likely N-dealkylation sites (tertiary alicyclic amines) is 1. The van der Waals surface area contributed by atoms with Gasteiger partial charge in [-0.25, -0.2) is 9.78 Å². The Morgan fingerprint density at radius 3 is 2.80 bits per heavy atom. The number of aromatic nitrogens is 1.